The van der Waals surface area contributed by atoms with Crippen LogP contribution in [0.2, 0.25) is 0 Å². The lowest BCUT2D eigenvalue weighted by Crippen LogP contribution is -2.15. The molecule has 0 aliphatic heterocycles. The average molecular weight is 400 g/mol. The molecule has 0 amide bonds. The second-order valence-electron chi connectivity index (χ2n) is 6.74. The minimum absolute atomic E-state index is 0.0137. The molecule has 0 unspecified atom stereocenters. The molecule has 0 radical (unpaired) electrons. The van der Waals surface area contributed by atoms with Crippen LogP contribution in [0.3, 0.4) is 0 Å². The van der Waals surface area contributed by atoms with Crippen LogP contribution in [-0.4, -0.2) is 33.3 Å². The first-order chi connectivity index (χ1) is 13.9. The van der Waals surface area contributed by atoms with Crippen molar-refractivity contribution in [2.24, 2.45) is 0 Å². The maximum absolute atomic E-state index is 13.9. The zero-order chi connectivity index (χ0) is 21.0. The van der Waals surface area contributed by atoms with Crippen molar-refractivity contribution >= 4 is 17.4 Å². The zero-order valence-electron chi connectivity index (χ0n) is 17.0. The number of hydrogen-bond donors (Lipinski definition) is 1. The van der Waals surface area contributed by atoms with Crippen LogP contribution in [0, 0.1) is 5.82 Å². The fourth-order valence-electron chi connectivity index (χ4n) is 2.87. The van der Waals surface area contributed by atoms with E-state index in [0.717, 1.165) is 6.42 Å². The van der Waals surface area contributed by atoms with Gasteiger partial charge in [-0.3, -0.25) is 0 Å². The Labute approximate surface area is 168 Å². The molecule has 0 saturated carbocycles. The number of carbonyl (C=O) groups is 1. The third-order valence-electron chi connectivity index (χ3n) is 4.57. The minimum atomic E-state index is -0.477. The maximum Gasteiger partial charge on any atom is 0.343 e. The minimum Gasteiger partial charge on any atom is -0.490 e. The van der Waals surface area contributed by atoms with E-state index in [0.29, 0.717) is 22.8 Å². The number of anilines is 1. The summed E-state index contributed by atoms with van der Waals surface area (Å²) in [5.41, 5.74) is 1.36. The smallest absolute Gasteiger partial charge is 0.343 e. The highest BCUT2D eigenvalue weighted by Crippen LogP contribution is 2.29. The van der Waals surface area contributed by atoms with Crippen LogP contribution < -0.4 is 10.1 Å². The molecule has 3 rings (SSSR count). The SMILES string of the molecule is CCOC(=O)c1cnn2ccc(N[C@H](C)c3cc(F)ccc3O[C@@H](C)CC)nc12. The molecule has 1 N–H and O–H groups in total. The van der Waals surface area contributed by atoms with E-state index in [-0.39, 0.29) is 30.1 Å². The predicted molar refractivity (Wildman–Crippen MR) is 108 cm³/mol. The number of fused-ring (bicyclic) bond motifs is 1. The van der Waals surface area contributed by atoms with Crippen molar-refractivity contribution in [2.75, 3.05) is 11.9 Å². The average Bonchev–Trinajstić information content (AvgIpc) is 3.12. The second-order valence-corrected chi connectivity index (χ2v) is 6.74. The predicted octanol–water partition coefficient (Wildman–Crippen LogP) is 4.40. The fraction of sp³-hybridized carbons (Fsp3) is 0.381. The van der Waals surface area contributed by atoms with E-state index in [4.69, 9.17) is 9.47 Å². The Morgan fingerprint density at radius 1 is 1.28 bits per heavy atom. The lowest BCUT2D eigenvalue weighted by atomic mass is 10.1. The van der Waals surface area contributed by atoms with Crippen LogP contribution in [0.15, 0.2) is 36.7 Å². The number of aromatic nitrogens is 3. The highest BCUT2D eigenvalue weighted by atomic mass is 19.1. The molecule has 1 aromatic carbocycles. The van der Waals surface area contributed by atoms with E-state index in [2.05, 4.69) is 15.4 Å². The van der Waals surface area contributed by atoms with E-state index >= 15 is 0 Å². The molecule has 2 aromatic heterocycles. The monoisotopic (exact) mass is 400 g/mol. The van der Waals surface area contributed by atoms with Crippen molar-refractivity contribution in [3.63, 3.8) is 0 Å². The summed E-state index contributed by atoms with van der Waals surface area (Å²) in [7, 11) is 0. The standard InChI is InChI=1S/C21H25FN4O3/c1-5-13(3)29-18-8-7-15(22)11-16(18)14(4)24-19-9-10-26-20(25-19)17(12-23-26)21(27)28-6-2/h7-14H,5-6H2,1-4H3,(H,24,25)/t13-,14+/m0/s1. The molecule has 0 aliphatic carbocycles. The molecule has 154 valence electrons. The number of esters is 1. The summed E-state index contributed by atoms with van der Waals surface area (Å²) in [5.74, 6) is 0.330. The lowest BCUT2D eigenvalue weighted by Gasteiger charge is -2.21. The fourth-order valence-corrected chi connectivity index (χ4v) is 2.87. The molecule has 0 aliphatic rings. The van der Waals surface area contributed by atoms with Gasteiger partial charge in [0.1, 0.15) is 22.9 Å². The molecule has 2 atom stereocenters. The molecule has 0 bridgehead atoms. The third kappa shape index (κ3) is 4.64. The Morgan fingerprint density at radius 3 is 2.79 bits per heavy atom. The molecule has 3 aromatic rings. The number of halogens is 1. The van der Waals surface area contributed by atoms with Crippen LogP contribution >= 0.6 is 0 Å². The largest absolute Gasteiger partial charge is 0.490 e. The lowest BCUT2D eigenvalue weighted by molar-refractivity contribution is 0.0528. The zero-order valence-corrected chi connectivity index (χ0v) is 17.0. The number of hydrogen-bond acceptors (Lipinski definition) is 6. The Morgan fingerprint density at radius 2 is 2.07 bits per heavy atom. The number of benzene rings is 1. The Bertz CT molecular complexity index is 1000. The van der Waals surface area contributed by atoms with Gasteiger partial charge in [-0.05, 0) is 51.5 Å². The maximum atomic E-state index is 13.9. The van der Waals surface area contributed by atoms with Gasteiger partial charge in [0.25, 0.3) is 0 Å². The van der Waals surface area contributed by atoms with Crippen LogP contribution in [-0.2, 0) is 4.74 Å². The summed E-state index contributed by atoms with van der Waals surface area (Å²) in [6, 6.07) is 5.93. The number of ether oxygens (including phenoxy) is 2. The molecule has 0 fully saturated rings. The number of nitrogens with zero attached hydrogens (tertiary/aromatic N) is 3. The van der Waals surface area contributed by atoms with E-state index in [1.807, 2.05) is 20.8 Å². The highest BCUT2D eigenvalue weighted by molar-refractivity contribution is 5.95. The highest BCUT2D eigenvalue weighted by Gasteiger charge is 2.18. The van der Waals surface area contributed by atoms with Gasteiger partial charge in [0, 0.05) is 11.8 Å². The van der Waals surface area contributed by atoms with E-state index in [9.17, 15) is 9.18 Å². The van der Waals surface area contributed by atoms with E-state index in [1.165, 1.54) is 22.8 Å². The van der Waals surface area contributed by atoms with Gasteiger partial charge < -0.3 is 14.8 Å². The quantitative estimate of drug-likeness (QED) is 0.565. The molecule has 8 heteroatoms. The Hall–Kier alpha value is -3.16. The van der Waals surface area contributed by atoms with Crippen molar-refractivity contribution < 1.29 is 18.7 Å². The second kappa shape index (κ2) is 8.89. The van der Waals surface area contributed by atoms with Gasteiger partial charge in [0.05, 0.1) is 24.9 Å². The van der Waals surface area contributed by atoms with Gasteiger partial charge in [-0.2, -0.15) is 5.10 Å². The molecule has 29 heavy (non-hydrogen) atoms. The summed E-state index contributed by atoms with van der Waals surface area (Å²) >= 11 is 0. The van der Waals surface area contributed by atoms with Crippen LogP contribution in [0.4, 0.5) is 10.2 Å². The van der Waals surface area contributed by atoms with Gasteiger partial charge >= 0.3 is 5.97 Å². The summed E-state index contributed by atoms with van der Waals surface area (Å²) in [5, 5.41) is 7.37. The Kier molecular flexibility index (Phi) is 6.31. The normalized spacial score (nSPS) is 13.1. The molecular formula is C21H25FN4O3. The number of rotatable bonds is 8. The van der Waals surface area contributed by atoms with Crippen LogP contribution in [0.5, 0.6) is 5.75 Å². The molecular weight excluding hydrogens is 375 g/mol. The van der Waals surface area contributed by atoms with E-state index in [1.54, 1.807) is 25.3 Å². The van der Waals surface area contributed by atoms with Crippen molar-refractivity contribution in [1.82, 2.24) is 14.6 Å². The summed E-state index contributed by atoms with van der Waals surface area (Å²) < 4.78 is 26.4. The summed E-state index contributed by atoms with van der Waals surface area (Å²) in [4.78, 5) is 16.6. The van der Waals surface area contributed by atoms with Gasteiger partial charge in [0.2, 0.25) is 0 Å². The molecule has 7 nitrogen and oxygen atoms in total. The van der Waals surface area contributed by atoms with Crippen LogP contribution in [0.25, 0.3) is 5.65 Å². The molecule has 2 heterocycles. The first-order valence-corrected chi connectivity index (χ1v) is 9.67. The third-order valence-corrected chi connectivity index (χ3v) is 4.57. The van der Waals surface area contributed by atoms with Gasteiger partial charge in [-0.15, -0.1) is 0 Å². The van der Waals surface area contributed by atoms with E-state index < -0.39 is 5.97 Å². The molecule has 0 spiro atoms. The summed E-state index contributed by atoms with van der Waals surface area (Å²) in [6.07, 6.45) is 3.98. The van der Waals surface area contributed by atoms with Crippen molar-refractivity contribution in [2.45, 2.75) is 46.3 Å². The van der Waals surface area contributed by atoms with Gasteiger partial charge in [0.15, 0.2) is 5.65 Å². The van der Waals surface area contributed by atoms with Crippen LogP contribution in [0.1, 0.15) is 56.1 Å². The number of nitrogens with one attached hydrogen (secondary N) is 1. The first kappa shape index (κ1) is 20.6. The molecule has 0 saturated heterocycles. The summed E-state index contributed by atoms with van der Waals surface area (Å²) in [6.45, 7) is 7.90. The Balaban J connectivity index is 1.88. The number of carbonyl (C=O) groups excluding carboxylic acids is 1. The van der Waals surface area contributed by atoms with Crippen molar-refractivity contribution in [3.05, 3.63) is 53.6 Å². The van der Waals surface area contributed by atoms with Gasteiger partial charge in [-0.1, -0.05) is 6.92 Å². The van der Waals surface area contributed by atoms with Crippen molar-refractivity contribution in [3.8, 4) is 5.75 Å². The van der Waals surface area contributed by atoms with Crippen molar-refractivity contribution in [1.29, 1.82) is 0 Å². The van der Waals surface area contributed by atoms with Gasteiger partial charge in [-0.25, -0.2) is 18.7 Å². The topological polar surface area (TPSA) is 77.8 Å². The first-order valence-electron chi connectivity index (χ1n) is 9.67.